The summed E-state index contributed by atoms with van der Waals surface area (Å²) in [6.45, 7) is 1.56. The summed E-state index contributed by atoms with van der Waals surface area (Å²) in [7, 11) is 0. The molecule has 1 amide bonds. The van der Waals surface area contributed by atoms with E-state index in [2.05, 4.69) is 0 Å². The van der Waals surface area contributed by atoms with Crippen LogP contribution in [0.5, 0.6) is 0 Å². The molecule has 0 radical (unpaired) electrons. The highest BCUT2D eigenvalue weighted by Crippen LogP contribution is 2.25. The first-order valence-electron chi connectivity index (χ1n) is 6.38. The van der Waals surface area contributed by atoms with E-state index in [1.165, 1.54) is 16.2 Å². The van der Waals surface area contributed by atoms with E-state index in [0.717, 1.165) is 12.0 Å². The molecule has 0 unspecified atom stereocenters. The maximum absolute atomic E-state index is 12.7. The van der Waals surface area contributed by atoms with Crippen molar-refractivity contribution in [2.45, 2.75) is 13.3 Å². The van der Waals surface area contributed by atoms with Crippen LogP contribution in [0.4, 0.5) is 5.69 Å². The topological polar surface area (TPSA) is 57.6 Å². The summed E-state index contributed by atoms with van der Waals surface area (Å²) >= 11 is 7.25. The van der Waals surface area contributed by atoms with Gasteiger partial charge in [-0.3, -0.25) is 14.5 Å². The second kappa shape index (κ2) is 6.74. The molecule has 0 atom stereocenters. The average Bonchev–Trinajstić information content (AvgIpc) is 2.92. The van der Waals surface area contributed by atoms with Crippen molar-refractivity contribution in [2.24, 2.45) is 0 Å². The Morgan fingerprint density at radius 2 is 2.10 bits per heavy atom. The molecule has 1 aromatic heterocycles. The monoisotopic (exact) mass is 323 g/mol. The Morgan fingerprint density at radius 3 is 2.71 bits per heavy atom. The summed E-state index contributed by atoms with van der Waals surface area (Å²) in [5.74, 6) is -1.38. The number of amides is 1. The van der Waals surface area contributed by atoms with Gasteiger partial charge in [-0.2, -0.15) is 0 Å². The molecule has 0 bridgehead atoms. The van der Waals surface area contributed by atoms with Gasteiger partial charge in [-0.05, 0) is 41.6 Å². The number of benzene rings is 1. The van der Waals surface area contributed by atoms with Crippen LogP contribution in [0.1, 0.15) is 22.2 Å². The number of rotatable bonds is 5. The zero-order valence-electron chi connectivity index (χ0n) is 11.4. The second-order valence-corrected chi connectivity index (χ2v) is 5.75. The van der Waals surface area contributed by atoms with Crippen LogP contribution in [0.25, 0.3) is 0 Å². The molecule has 2 rings (SSSR count). The minimum absolute atomic E-state index is 0.313. The van der Waals surface area contributed by atoms with Gasteiger partial charge in [-0.1, -0.05) is 24.6 Å². The van der Waals surface area contributed by atoms with Crippen molar-refractivity contribution in [1.82, 2.24) is 0 Å². The van der Waals surface area contributed by atoms with Crippen LogP contribution in [0.15, 0.2) is 35.7 Å². The lowest BCUT2D eigenvalue weighted by Gasteiger charge is -2.21. The third-order valence-corrected chi connectivity index (χ3v) is 4.16. The number of aliphatic carboxylic acids is 1. The molecule has 6 heteroatoms. The number of thiophene rings is 1. The quantitative estimate of drug-likeness (QED) is 0.912. The van der Waals surface area contributed by atoms with Gasteiger partial charge in [0.1, 0.15) is 6.54 Å². The number of aryl methyl sites for hydroxylation is 1. The van der Waals surface area contributed by atoms with Crippen molar-refractivity contribution < 1.29 is 14.7 Å². The van der Waals surface area contributed by atoms with E-state index in [0.29, 0.717) is 15.6 Å². The van der Waals surface area contributed by atoms with Gasteiger partial charge in [0.2, 0.25) is 0 Å². The first-order chi connectivity index (χ1) is 10.0. The minimum Gasteiger partial charge on any atom is -0.480 e. The molecule has 0 fully saturated rings. The maximum Gasteiger partial charge on any atom is 0.323 e. The normalized spacial score (nSPS) is 10.4. The molecule has 1 N–H and O–H groups in total. The van der Waals surface area contributed by atoms with E-state index in [1.807, 2.05) is 18.4 Å². The van der Waals surface area contributed by atoms with Crippen molar-refractivity contribution in [1.29, 1.82) is 0 Å². The van der Waals surface area contributed by atoms with Gasteiger partial charge < -0.3 is 5.11 Å². The standard InChI is InChI=1S/C15H14ClNO3S/c1-2-10-6-7-21-14(10)15(20)17(9-13(18)19)12-5-3-4-11(16)8-12/h3-8H,2,9H2,1H3,(H,18,19). The van der Waals surface area contributed by atoms with Gasteiger partial charge in [0, 0.05) is 10.7 Å². The summed E-state index contributed by atoms with van der Waals surface area (Å²) in [6.07, 6.45) is 0.723. The number of hydrogen-bond acceptors (Lipinski definition) is 3. The fourth-order valence-electron chi connectivity index (χ4n) is 1.98. The summed E-state index contributed by atoms with van der Waals surface area (Å²) in [5.41, 5.74) is 1.40. The fraction of sp³-hybridized carbons (Fsp3) is 0.200. The van der Waals surface area contributed by atoms with E-state index in [1.54, 1.807) is 24.3 Å². The lowest BCUT2D eigenvalue weighted by molar-refractivity contribution is -0.135. The first-order valence-corrected chi connectivity index (χ1v) is 7.64. The van der Waals surface area contributed by atoms with E-state index >= 15 is 0 Å². The zero-order valence-corrected chi connectivity index (χ0v) is 12.9. The first kappa shape index (κ1) is 15.5. The number of hydrogen-bond donors (Lipinski definition) is 1. The molecule has 0 saturated carbocycles. The van der Waals surface area contributed by atoms with Crippen LogP contribution in [0.3, 0.4) is 0 Å². The van der Waals surface area contributed by atoms with E-state index in [-0.39, 0.29) is 5.91 Å². The number of carboxylic acid groups (broad SMARTS) is 1. The average molecular weight is 324 g/mol. The Morgan fingerprint density at radius 1 is 1.33 bits per heavy atom. The summed E-state index contributed by atoms with van der Waals surface area (Å²) in [6, 6.07) is 8.51. The molecule has 4 nitrogen and oxygen atoms in total. The van der Waals surface area contributed by atoms with Crippen LogP contribution in [-0.2, 0) is 11.2 Å². The van der Waals surface area contributed by atoms with Crippen molar-refractivity contribution in [3.63, 3.8) is 0 Å². The molecule has 0 saturated heterocycles. The molecule has 0 aliphatic heterocycles. The Bertz CT molecular complexity index is 668. The Kier molecular flexibility index (Phi) is 4.98. The molecule has 0 aliphatic rings. The Balaban J connectivity index is 2.41. The smallest absolute Gasteiger partial charge is 0.323 e. The van der Waals surface area contributed by atoms with Gasteiger partial charge in [-0.15, -0.1) is 11.3 Å². The van der Waals surface area contributed by atoms with Gasteiger partial charge in [0.15, 0.2) is 0 Å². The molecule has 21 heavy (non-hydrogen) atoms. The Labute approximate surface area is 131 Å². The molecular formula is C15H14ClNO3S. The summed E-state index contributed by atoms with van der Waals surface area (Å²) < 4.78 is 0. The van der Waals surface area contributed by atoms with Crippen molar-refractivity contribution in [3.05, 3.63) is 51.2 Å². The number of carbonyl (C=O) groups excluding carboxylic acids is 1. The van der Waals surface area contributed by atoms with E-state index in [4.69, 9.17) is 16.7 Å². The second-order valence-electron chi connectivity index (χ2n) is 4.39. The molecule has 1 aromatic carbocycles. The highest BCUT2D eigenvalue weighted by atomic mass is 35.5. The van der Waals surface area contributed by atoms with E-state index in [9.17, 15) is 9.59 Å². The van der Waals surface area contributed by atoms with Crippen molar-refractivity contribution >= 4 is 40.5 Å². The molecular weight excluding hydrogens is 310 g/mol. The molecule has 2 aromatic rings. The predicted molar refractivity (Wildman–Crippen MR) is 84.5 cm³/mol. The number of nitrogens with zero attached hydrogens (tertiary/aromatic N) is 1. The zero-order chi connectivity index (χ0) is 15.4. The number of carboxylic acids is 1. The number of anilines is 1. The lowest BCUT2D eigenvalue weighted by Crippen LogP contribution is -2.35. The highest BCUT2D eigenvalue weighted by molar-refractivity contribution is 7.12. The largest absolute Gasteiger partial charge is 0.480 e. The van der Waals surface area contributed by atoms with Gasteiger partial charge in [-0.25, -0.2) is 0 Å². The van der Waals surface area contributed by atoms with Crippen LogP contribution in [0, 0.1) is 0 Å². The van der Waals surface area contributed by atoms with E-state index < -0.39 is 12.5 Å². The maximum atomic E-state index is 12.7. The summed E-state index contributed by atoms with van der Waals surface area (Å²) in [5, 5.41) is 11.4. The van der Waals surface area contributed by atoms with Crippen LogP contribution >= 0.6 is 22.9 Å². The molecule has 1 heterocycles. The lowest BCUT2D eigenvalue weighted by atomic mass is 10.2. The van der Waals surface area contributed by atoms with Gasteiger partial charge >= 0.3 is 5.97 Å². The fourth-order valence-corrected chi connectivity index (χ4v) is 3.11. The number of carbonyl (C=O) groups is 2. The molecule has 0 aliphatic carbocycles. The van der Waals surface area contributed by atoms with Crippen LogP contribution in [-0.4, -0.2) is 23.5 Å². The SMILES string of the molecule is CCc1ccsc1C(=O)N(CC(=O)O)c1cccc(Cl)c1. The predicted octanol–water partition coefficient (Wildman–Crippen LogP) is 3.70. The number of halogens is 1. The van der Waals surface area contributed by atoms with Gasteiger partial charge in [0.25, 0.3) is 5.91 Å². The summed E-state index contributed by atoms with van der Waals surface area (Å²) in [4.78, 5) is 25.5. The molecule has 0 spiro atoms. The third-order valence-electron chi connectivity index (χ3n) is 2.98. The molecule has 110 valence electrons. The van der Waals surface area contributed by atoms with Crippen molar-refractivity contribution in [3.8, 4) is 0 Å². The van der Waals surface area contributed by atoms with Crippen LogP contribution in [0.2, 0.25) is 5.02 Å². The van der Waals surface area contributed by atoms with Crippen molar-refractivity contribution in [2.75, 3.05) is 11.4 Å². The Hall–Kier alpha value is -1.85. The third kappa shape index (κ3) is 3.62. The van der Waals surface area contributed by atoms with Gasteiger partial charge in [0.05, 0.1) is 4.88 Å². The highest BCUT2D eigenvalue weighted by Gasteiger charge is 2.23. The minimum atomic E-state index is -1.07. The van der Waals surface area contributed by atoms with Crippen LogP contribution < -0.4 is 4.90 Å².